The van der Waals surface area contributed by atoms with Crippen molar-refractivity contribution in [1.82, 2.24) is 0 Å². The van der Waals surface area contributed by atoms with E-state index in [1.807, 2.05) is 0 Å². The number of hydrogen-bond donors (Lipinski definition) is 2. The van der Waals surface area contributed by atoms with Crippen LogP contribution in [0.5, 0.6) is 0 Å². The molecule has 0 aliphatic rings. The van der Waals surface area contributed by atoms with E-state index in [0.717, 1.165) is 25.7 Å². The molecule has 1 unspecified atom stereocenters. The smallest absolute Gasteiger partial charge is 0.316 e. The van der Waals surface area contributed by atoms with Crippen LogP contribution in [-0.2, 0) is 23.3 Å². The highest BCUT2D eigenvalue weighted by atomic mass is 31.1. The Morgan fingerprint density at radius 3 is 1.75 bits per heavy atom. The first-order chi connectivity index (χ1) is 9.77. The number of ether oxygens (including phenoxy) is 3. The average molecular weight is 314 g/mol. The molecule has 20 heavy (non-hydrogen) atoms. The average Bonchev–Trinajstić information content (AvgIpc) is 2.43. The maximum Gasteiger partial charge on any atom is 0.316 e. The third-order valence-electron chi connectivity index (χ3n) is 2.39. The summed E-state index contributed by atoms with van der Waals surface area (Å²) in [7, 11) is -2.76. The van der Waals surface area contributed by atoms with E-state index in [-0.39, 0.29) is 6.61 Å². The van der Waals surface area contributed by atoms with Crippen molar-refractivity contribution in [2.45, 2.75) is 25.7 Å². The van der Waals surface area contributed by atoms with E-state index in [2.05, 4.69) is 4.52 Å². The van der Waals surface area contributed by atoms with Gasteiger partial charge in [0.25, 0.3) is 0 Å². The second-order valence-corrected chi connectivity index (χ2v) is 4.91. The molecule has 0 spiro atoms. The first kappa shape index (κ1) is 20.0. The van der Waals surface area contributed by atoms with Crippen LogP contribution in [0.25, 0.3) is 0 Å². The summed E-state index contributed by atoms with van der Waals surface area (Å²) in [4.78, 5) is 8.43. The first-order valence-corrected chi connectivity index (χ1v) is 8.23. The third-order valence-corrected chi connectivity index (χ3v) is 2.84. The first-order valence-electron chi connectivity index (χ1n) is 6.97. The Balaban J connectivity index is 2.94. The number of aliphatic hydroxyl groups excluding tert-OH is 1. The summed E-state index contributed by atoms with van der Waals surface area (Å²) in [5.74, 6) is 0. The molecule has 2 N–H and O–H groups in total. The van der Waals surface area contributed by atoms with Crippen LogP contribution in [-0.4, -0.2) is 62.9 Å². The van der Waals surface area contributed by atoms with Crippen molar-refractivity contribution in [2.24, 2.45) is 0 Å². The summed E-state index contributed by atoms with van der Waals surface area (Å²) < 4.78 is 30.5. The Bertz CT molecular complexity index is 216. The zero-order valence-corrected chi connectivity index (χ0v) is 12.9. The molecule has 7 nitrogen and oxygen atoms in total. The lowest BCUT2D eigenvalue weighted by atomic mass is 10.2. The molecule has 0 radical (unpaired) electrons. The van der Waals surface area contributed by atoms with Crippen LogP contribution in [0.15, 0.2) is 0 Å². The summed E-state index contributed by atoms with van der Waals surface area (Å²) in [6, 6.07) is 0. The van der Waals surface area contributed by atoms with Crippen molar-refractivity contribution in [3.8, 4) is 0 Å². The van der Waals surface area contributed by atoms with Crippen molar-refractivity contribution in [3.63, 3.8) is 0 Å². The van der Waals surface area contributed by atoms with E-state index in [4.69, 9.17) is 24.2 Å². The molecule has 0 aromatic carbocycles. The van der Waals surface area contributed by atoms with E-state index in [1.165, 1.54) is 0 Å². The van der Waals surface area contributed by atoms with E-state index in [9.17, 15) is 4.57 Å². The maximum absolute atomic E-state index is 10.2. The SMILES string of the molecule is O=[PH](O)OCCCCCCOCCOCCOCCO. The van der Waals surface area contributed by atoms with Crippen molar-refractivity contribution in [3.05, 3.63) is 0 Å². The van der Waals surface area contributed by atoms with Crippen LogP contribution in [0.4, 0.5) is 0 Å². The molecular weight excluding hydrogens is 287 g/mol. The molecular formula is C12H27O7P. The van der Waals surface area contributed by atoms with Gasteiger partial charge in [-0.3, -0.25) is 4.57 Å². The maximum atomic E-state index is 10.2. The van der Waals surface area contributed by atoms with Crippen molar-refractivity contribution in [1.29, 1.82) is 0 Å². The molecule has 122 valence electrons. The number of unbranched alkanes of at least 4 members (excludes halogenated alkanes) is 3. The topological polar surface area (TPSA) is 94.5 Å². The minimum atomic E-state index is -2.76. The van der Waals surface area contributed by atoms with Crippen LogP contribution in [0.2, 0.25) is 0 Å². The van der Waals surface area contributed by atoms with Gasteiger partial charge in [0.15, 0.2) is 0 Å². The van der Waals surface area contributed by atoms with Gasteiger partial charge in [-0.05, 0) is 12.8 Å². The molecule has 1 atom stereocenters. The van der Waals surface area contributed by atoms with Gasteiger partial charge in [-0.2, -0.15) is 0 Å². The van der Waals surface area contributed by atoms with Crippen LogP contribution < -0.4 is 0 Å². The molecule has 0 aliphatic carbocycles. The van der Waals surface area contributed by atoms with Gasteiger partial charge < -0.3 is 28.7 Å². The monoisotopic (exact) mass is 314 g/mol. The fourth-order valence-electron chi connectivity index (χ4n) is 1.43. The van der Waals surface area contributed by atoms with Crippen LogP contribution in [0, 0.1) is 0 Å². The highest BCUT2D eigenvalue weighted by molar-refractivity contribution is 7.32. The van der Waals surface area contributed by atoms with Gasteiger partial charge >= 0.3 is 8.25 Å². The summed E-state index contributed by atoms with van der Waals surface area (Å²) in [5.41, 5.74) is 0. The van der Waals surface area contributed by atoms with E-state index >= 15 is 0 Å². The highest BCUT2D eigenvalue weighted by Crippen LogP contribution is 2.15. The van der Waals surface area contributed by atoms with Crippen molar-refractivity contribution >= 4 is 8.25 Å². The Labute approximate surface area is 121 Å². The minimum Gasteiger partial charge on any atom is -0.394 e. The molecule has 0 amide bonds. The standard InChI is InChI=1S/C12H27O7P/c13-5-8-17-10-12-18-11-9-16-6-3-1-2-4-7-19-20(14)15/h13,20H,1-12H2,(H,14,15). The summed E-state index contributed by atoms with van der Waals surface area (Å²) in [6.07, 6.45) is 3.75. The molecule has 0 rings (SSSR count). The minimum absolute atomic E-state index is 0.0358. The zero-order chi connectivity index (χ0) is 14.9. The Hall–Kier alpha value is -0.0100. The molecule has 0 saturated heterocycles. The molecule has 0 heterocycles. The van der Waals surface area contributed by atoms with E-state index in [0.29, 0.717) is 46.2 Å². The van der Waals surface area contributed by atoms with Gasteiger partial charge in [0.2, 0.25) is 0 Å². The van der Waals surface area contributed by atoms with Crippen molar-refractivity contribution in [2.75, 3.05) is 52.9 Å². The summed E-state index contributed by atoms with van der Waals surface area (Å²) in [5, 5.41) is 8.47. The molecule has 0 saturated carbocycles. The van der Waals surface area contributed by atoms with E-state index in [1.54, 1.807) is 0 Å². The fourth-order valence-corrected chi connectivity index (χ4v) is 1.74. The Kier molecular flexibility index (Phi) is 17.0. The second kappa shape index (κ2) is 17.0. The largest absolute Gasteiger partial charge is 0.394 e. The van der Waals surface area contributed by atoms with Gasteiger partial charge in [0, 0.05) is 6.61 Å². The van der Waals surface area contributed by atoms with Gasteiger partial charge in [-0.25, -0.2) is 0 Å². The van der Waals surface area contributed by atoms with Gasteiger partial charge in [0.1, 0.15) is 0 Å². The van der Waals surface area contributed by atoms with Gasteiger partial charge in [-0.15, -0.1) is 0 Å². The predicted octanol–water partition coefficient (Wildman–Crippen LogP) is 0.987. The fraction of sp³-hybridized carbons (Fsp3) is 1.00. The number of rotatable bonds is 16. The van der Waals surface area contributed by atoms with Crippen LogP contribution in [0.1, 0.15) is 25.7 Å². The quantitative estimate of drug-likeness (QED) is 0.324. The predicted molar refractivity (Wildman–Crippen MR) is 75.2 cm³/mol. The van der Waals surface area contributed by atoms with Gasteiger partial charge in [0.05, 0.1) is 46.2 Å². The van der Waals surface area contributed by atoms with Crippen LogP contribution >= 0.6 is 8.25 Å². The molecule has 0 aliphatic heterocycles. The number of hydrogen-bond acceptors (Lipinski definition) is 6. The molecule has 8 heteroatoms. The van der Waals surface area contributed by atoms with Crippen molar-refractivity contribution < 1.29 is 33.3 Å². The zero-order valence-electron chi connectivity index (χ0n) is 11.9. The lowest BCUT2D eigenvalue weighted by Gasteiger charge is -2.06. The summed E-state index contributed by atoms with van der Waals surface area (Å²) >= 11 is 0. The summed E-state index contributed by atoms with van der Waals surface area (Å²) in [6.45, 7) is 3.54. The normalized spacial score (nSPS) is 12.7. The molecule has 0 fully saturated rings. The molecule has 0 aromatic heterocycles. The number of aliphatic hydroxyl groups is 1. The second-order valence-electron chi connectivity index (χ2n) is 4.09. The van der Waals surface area contributed by atoms with E-state index < -0.39 is 8.25 Å². The lowest BCUT2D eigenvalue weighted by Crippen LogP contribution is -2.11. The molecule has 0 bridgehead atoms. The highest BCUT2D eigenvalue weighted by Gasteiger charge is 1.95. The lowest BCUT2D eigenvalue weighted by molar-refractivity contribution is 0.00718. The van der Waals surface area contributed by atoms with Crippen LogP contribution in [0.3, 0.4) is 0 Å². The Morgan fingerprint density at radius 1 is 0.700 bits per heavy atom. The molecule has 0 aromatic rings. The third kappa shape index (κ3) is 18.0. The van der Waals surface area contributed by atoms with Gasteiger partial charge in [-0.1, -0.05) is 12.8 Å². The Morgan fingerprint density at radius 2 is 1.20 bits per heavy atom.